The number of hydrogen-bond donors (Lipinski definition) is 2. The van der Waals surface area contributed by atoms with Crippen LogP contribution < -0.4 is 10.6 Å². The Kier molecular flexibility index (Phi) is 3.59. The highest BCUT2D eigenvalue weighted by atomic mass is 79.9. The topological polar surface area (TPSA) is 37.0 Å². The molecule has 0 saturated carbocycles. The summed E-state index contributed by atoms with van der Waals surface area (Å²) in [6.45, 7) is 3.35. The molecular formula is C11H16BrN3. The van der Waals surface area contributed by atoms with Crippen LogP contribution in [-0.2, 0) is 0 Å². The molecule has 1 aliphatic heterocycles. The van der Waals surface area contributed by atoms with Gasteiger partial charge in [0.1, 0.15) is 5.82 Å². The van der Waals surface area contributed by atoms with Crippen molar-refractivity contribution < 1.29 is 0 Å². The molecule has 0 aliphatic carbocycles. The maximum Gasteiger partial charge on any atom is 0.126 e. The Balaban J connectivity index is 1.98. The van der Waals surface area contributed by atoms with Gasteiger partial charge in [0.25, 0.3) is 0 Å². The molecule has 0 radical (unpaired) electrons. The number of piperidine rings is 1. The molecule has 1 saturated heterocycles. The van der Waals surface area contributed by atoms with Gasteiger partial charge >= 0.3 is 0 Å². The quantitative estimate of drug-likeness (QED) is 0.866. The van der Waals surface area contributed by atoms with Crippen LogP contribution in [0.4, 0.5) is 5.82 Å². The molecule has 1 aromatic heterocycles. The zero-order valence-corrected chi connectivity index (χ0v) is 10.4. The molecule has 0 unspecified atom stereocenters. The van der Waals surface area contributed by atoms with Crippen molar-refractivity contribution >= 4 is 21.7 Å². The van der Waals surface area contributed by atoms with E-state index in [2.05, 4.69) is 38.5 Å². The van der Waals surface area contributed by atoms with Gasteiger partial charge in [0.05, 0.1) is 0 Å². The molecule has 82 valence electrons. The van der Waals surface area contributed by atoms with Crippen molar-refractivity contribution in [2.24, 2.45) is 0 Å². The summed E-state index contributed by atoms with van der Waals surface area (Å²) in [6, 6.07) is 5.03. The SMILES string of the molecule is C[C@@H]1NCCC[C@H]1Nc1ccc(Br)cn1. The lowest BCUT2D eigenvalue weighted by Crippen LogP contribution is -2.46. The lowest BCUT2D eigenvalue weighted by molar-refractivity contribution is 0.389. The summed E-state index contributed by atoms with van der Waals surface area (Å²) in [7, 11) is 0. The smallest absolute Gasteiger partial charge is 0.126 e. The van der Waals surface area contributed by atoms with Gasteiger partial charge in [-0.05, 0) is 54.4 Å². The van der Waals surface area contributed by atoms with Crippen LogP contribution in [0.3, 0.4) is 0 Å². The molecule has 1 aromatic rings. The fourth-order valence-electron chi connectivity index (χ4n) is 1.89. The zero-order chi connectivity index (χ0) is 10.7. The average Bonchev–Trinajstić information content (AvgIpc) is 2.25. The Bertz CT molecular complexity index is 312. The van der Waals surface area contributed by atoms with Gasteiger partial charge in [0.2, 0.25) is 0 Å². The molecule has 2 heterocycles. The Hall–Kier alpha value is -0.610. The molecule has 15 heavy (non-hydrogen) atoms. The van der Waals surface area contributed by atoms with E-state index < -0.39 is 0 Å². The van der Waals surface area contributed by atoms with Gasteiger partial charge in [-0.25, -0.2) is 4.98 Å². The van der Waals surface area contributed by atoms with E-state index in [9.17, 15) is 0 Å². The monoisotopic (exact) mass is 269 g/mol. The van der Waals surface area contributed by atoms with Crippen LogP contribution in [-0.4, -0.2) is 23.6 Å². The number of nitrogens with zero attached hydrogens (tertiary/aromatic N) is 1. The fraction of sp³-hybridized carbons (Fsp3) is 0.545. The Labute approximate surface area is 98.8 Å². The lowest BCUT2D eigenvalue weighted by atomic mass is 10.00. The van der Waals surface area contributed by atoms with Crippen molar-refractivity contribution in [3.63, 3.8) is 0 Å². The summed E-state index contributed by atoms with van der Waals surface area (Å²) < 4.78 is 1.02. The average molecular weight is 270 g/mol. The molecule has 0 bridgehead atoms. The van der Waals surface area contributed by atoms with Crippen LogP contribution in [0.15, 0.2) is 22.8 Å². The number of rotatable bonds is 2. The van der Waals surface area contributed by atoms with E-state index in [1.807, 2.05) is 18.3 Å². The molecule has 1 fully saturated rings. The van der Waals surface area contributed by atoms with Gasteiger partial charge < -0.3 is 10.6 Å². The number of anilines is 1. The van der Waals surface area contributed by atoms with Crippen LogP contribution >= 0.6 is 15.9 Å². The highest BCUT2D eigenvalue weighted by Gasteiger charge is 2.20. The van der Waals surface area contributed by atoms with Gasteiger partial charge in [-0.1, -0.05) is 0 Å². The van der Waals surface area contributed by atoms with Gasteiger partial charge in [-0.2, -0.15) is 0 Å². The second-order valence-electron chi connectivity index (χ2n) is 4.00. The summed E-state index contributed by atoms with van der Waals surface area (Å²) in [5.41, 5.74) is 0. The van der Waals surface area contributed by atoms with E-state index in [0.717, 1.165) is 16.8 Å². The lowest BCUT2D eigenvalue weighted by Gasteiger charge is -2.31. The second kappa shape index (κ2) is 4.94. The van der Waals surface area contributed by atoms with Gasteiger partial charge in [-0.15, -0.1) is 0 Å². The first-order chi connectivity index (χ1) is 7.25. The summed E-state index contributed by atoms with van der Waals surface area (Å²) in [4.78, 5) is 4.32. The van der Waals surface area contributed by atoms with Crippen molar-refractivity contribution in [1.82, 2.24) is 10.3 Å². The summed E-state index contributed by atoms with van der Waals surface area (Å²) >= 11 is 3.38. The van der Waals surface area contributed by atoms with Crippen molar-refractivity contribution in [3.8, 4) is 0 Å². The number of aromatic nitrogens is 1. The zero-order valence-electron chi connectivity index (χ0n) is 8.83. The Morgan fingerprint density at radius 1 is 1.53 bits per heavy atom. The van der Waals surface area contributed by atoms with Crippen LogP contribution in [0, 0.1) is 0 Å². The molecule has 4 heteroatoms. The maximum absolute atomic E-state index is 4.32. The fourth-order valence-corrected chi connectivity index (χ4v) is 2.13. The highest BCUT2D eigenvalue weighted by Crippen LogP contribution is 2.16. The molecule has 2 atom stereocenters. The first kappa shape index (κ1) is 10.9. The molecular weight excluding hydrogens is 254 g/mol. The Morgan fingerprint density at radius 2 is 2.40 bits per heavy atom. The van der Waals surface area contributed by atoms with E-state index in [1.165, 1.54) is 12.8 Å². The molecule has 2 rings (SSSR count). The maximum atomic E-state index is 4.32. The van der Waals surface area contributed by atoms with Crippen LogP contribution in [0.1, 0.15) is 19.8 Å². The predicted molar refractivity (Wildman–Crippen MR) is 66.0 cm³/mol. The van der Waals surface area contributed by atoms with Gasteiger partial charge in [0.15, 0.2) is 0 Å². The highest BCUT2D eigenvalue weighted by molar-refractivity contribution is 9.10. The van der Waals surface area contributed by atoms with E-state index >= 15 is 0 Å². The van der Waals surface area contributed by atoms with Gasteiger partial charge in [0, 0.05) is 22.8 Å². The largest absolute Gasteiger partial charge is 0.366 e. The number of hydrogen-bond acceptors (Lipinski definition) is 3. The predicted octanol–water partition coefficient (Wildman–Crippen LogP) is 2.40. The second-order valence-corrected chi connectivity index (χ2v) is 4.91. The van der Waals surface area contributed by atoms with Gasteiger partial charge in [-0.3, -0.25) is 0 Å². The van der Waals surface area contributed by atoms with Crippen molar-refractivity contribution in [2.75, 3.05) is 11.9 Å². The normalized spacial score (nSPS) is 26.3. The minimum atomic E-state index is 0.493. The van der Waals surface area contributed by atoms with E-state index in [-0.39, 0.29) is 0 Å². The summed E-state index contributed by atoms with van der Waals surface area (Å²) in [6.07, 6.45) is 4.27. The van der Waals surface area contributed by atoms with E-state index in [1.54, 1.807) is 0 Å². The summed E-state index contributed by atoms with van der Waals surface area (Å²) in [5, 5.41) is 6.93. The number of halogens is 1. The number of pyridine rings is 1. The van der Waals surface area contributed by atoms with E-state index in [4.69, 9.17) is 0 Å². The summed E-state index contributed by atoms with van der Waals surface area (Å²) in [5.74, 6) is 0.957. The third-order valence-corrected chi connectivity index (χ3v) is 3.29. The van der Waals surface area contributed by atoms with E-state index in [0.29, 0.717) is 12.1 Å². The number of nitrogens with one attached hydrogen (secondary N) is 2. The Morgan fingerprint density at radius 3 is 3.07 bits per heavy atom. The van der Waals surface area contributed by atoms with Crippen LogP contribution in [0.25, 0.3) is 0 Å². The molecule has 0 amide bonds. The van der Waals surface area contributed by atoms with Crippen LogP contribution in [0.5, 0.6) is 0 Å². The minimum absolute atomic E-state index is 0.493. The molecule has 0 aromatic carbocycles. The molecule has 3 nitrogen and oxygen atoms in total. The first-order valence-electron chi connectivity index (χ1n) is 5.37. The van der Waals surface area contributed by atoms with Crippen molar-refractivity contribution in [2.45, 2.75) is 31.8 Å². The first-order valence-corrected chi connectivity index (χ1v) is 6.16. The minimum Gasteiger partial charge on any atom is -0.366 e. The third-order valence-electron chi connectivity index (χ3n) is 2.82. The van der Waals surface area contributed by atoms with Crippen molar-refractivity contribution in [3.05, 3.63) is 22.8 Å². The van der Waals surface area contributed by atoms with Crippen molar-refractivity contribution in [1.29, 1.82) is 0 Å². The standard InChI is InChI=1S/C11H16BrN3/c1-8-10(3-2-6-13-8)15-11-5-4-9(12)7-14-11/h4-5,7-8,10,13H,2-3,6H2,1H3,(H,14,15)/t8-,10+/m0/s1. The molecule has 1 aliphatic rings. The third kappa shape index (κ3) is 2.92. The van der Waals surface area contributed by atoms with Crippen LogP contribution in [0.2, 0.25) is 0 Å². The molecule has 0 spiro atoms. The molecule has 2 N–H and O–H groups in total.